The van der Waals surface area contributed by atoms with E-state index in [-0.39, 0.29) is 18.0 Å². The molecule has 0 aliphatic carbocycles. The first-order valence-electron chi connectivity index (χ1n) is 10.1. The van der Waals surface area contributed by atoms with Gasteiger partial charge in [0.15, 0.2) is 0 Å². The topological polar surface area (TPSA) is 54.8 Å². The highest BCUT2D eigenvalue weighted by Gasteiger charge is 2.29. The third-order valence-corrected chi connectivity index (χ3v) is 6.21. The number of carbonyl (C=O) groups is 2. The maximum atomic E-state index is 13.1. The fourth-order valence-electron chi connectivity index (χ4n) is 3.60. The molecule has 0 bridgehead atoms. The maximum Gasteiger partial charge on any atom is 0.410 e. The molecule has 0 unspecified atom stereocenters. The van der Waals surface area contributed by atoms with Crippen molar-refractivity contribution in [1.29, 1.82) is 0 Å². The van der Waals surface area contributed by atoms with Crippen molar-refractivity contribution in [3.05, 3.63) is 45.9 Å². The molecule has 7 heteroatoms. The number of aromatic nitrogens is 1. The number of carbonyl (C=O) groups excluding carboxylic acids is 2. The van der Waals surface area contributed by atoms with Gasteiger partial charge < -0.3 is 19.1 Å². The van der Waals surface area contributed by atoms with Gasteiger partial charge >= 0.3 is 6.09 Å². The summed E-state index contributed by atoms with van der Waals surface area (Å²) in [5.74, 6) is 0.0253. The number of aryl methyl sites for hydroxylation is 1. The first-order valence-corrected chi connectivity index (χ1v) is 11.0. The first kappa shape index (κ1) is 21.4. The fourth-order valence-corrected chi connectivity index (χ4v) is 4.55. The summed E-state index contributed by atoms with van der Waals surface area (Å²) in [5, 5.41) is 2.06. The Labute approximate surface area is 177 Å². The number of amides is 2. The van der Waals surface area contributed by atoms with Crippen LogP contribution in [0.5, 0.6) is 0 Å². The zero-order valence-corrected chi connectivity index (χ0v) is 18.8. The molecule has 1 saturated heterocycles. The summed E-state index contributed by atoms with van der Waals surface area (Å²) >= 11 is 1.68. The third kappa shape index (κ3) is 5.21. The first-order chi connectivity index (χ1) is 13.7. The van der Waals surface area contributed by atoms with Gasteiger partial charge in [-0.3, -0.25) is 4.79 Å². The summed E-state index contributed by atoms with van der Waals surface area (Å²) in [5.41, 5.74) is 1.44. The lowest BCUT2D eigenvalue weighted by Gasteiger charge is -2.34. The van der Waals surface area contributed by atoms with Gasteiger partial charge in [0.1, 0.15) is 11.3 Å². The molecular formula is C22H31N3O3S. The van der Waals surface area contributed by atoms with Crippen LogP contribution in [0.3, 0.4) is 0 Å². The Morgan fingerprint density at radius 1 is 1.24 bits per heavy atom. The van der Waals surface area contributed by atoms with Gasteiger partial charge in [0, 0.05) is 37.3 Å². The van der Waals surface area contributed by atoms with E-state index in [1.165, 1.54) is 10.4 Å². The highest BCUT2D eigenvalue weighted by molar-refractivity contribution is 7.10. The van der Waals surface area contributed by atoms with E-state index in [0.29, 0.717) is 25.3 Å². The van der Waals surface area contributed by atoms with Crippen molar-refractivity contribution in [1.82, 2.24) is 14.4 Å². The third-order valence-electron chi connectivity index (χ3n) is 5.20. The van der Waals surface area contributed by atoms with E-state index < -0.39 is 5.60 Å². The van der Waals surface area contributed by atoms with Crippen molar-refractivity contribution in [3.63, 3.8) is 0 Å². The Morgan fingerprint density at radius 3 is 2.52 bits per heavy atom. The quantitative estimate of drug-likeness (QED) is 0.724. The van der Waals surface area contributed by atoms with Crippen molar-refractivity contribution in [2.75, 3.05) is 20.1 Å². The minimum Gasteiger partial charge on any atom is -0.444 e. The second-order valence-electron chi connectivity index (χ2n) is 8.69. The predicted molar refractivity (Wildman–Crippen MR) is 115 cm³/mol. The van der Waals surface area contributed by atoms with Crippen molar-refractivity contribution in [3.8, 4) is 0 Å². The largest absolute Gasteiger partial charge is 0.444 e. The Hall–Kier alpha value is -2.28. The highest BCUT2D eigenvalue weighted by atomic mass is 32.1. The van der Waals surface area contributed by atoms with Gasteiger partial charge in [-0.1, -0.05) is 0 Å². The van der Waals surface area contributed by atoms with E-state index in [9.17, 15) is 9.59 Å². The molecule has 29 heavy (non-hydrogen) atoms. The standard InChI is InChI=1S/C22H31N3O3S/c1-16-10-14-29-19(16)15-23(5)20(26)18-7-6-11-25(18)17-8-12-24(13-9-17)21(27)28-22(2,3)4/h6-7,10-11,14,17H,8-9,12-13,15H2,1-5H3. The van der Waals surface area contributed by atoms with E-state index in [4.69, 9.17) is 4.74 Å². The zero-order chi connectivity index (χ0) is 21.2. The van der Waals surface area contributed by atoms with Crippen molar-refractivity contribution in [2.45, 2.75) is 58.7 Å². The number of hydrogen-bond acceptors (Lipinski definition) is 4. The van der Waals surface area contributed by atoms with Crippen LogP contribution in [-0.2, 0) is 11.3 Å². The monoisotopic (exact) mass is 417 g/mol. The molecule has 3 rings (SSSR count). The molecule has 0 saturated carbocycles. The maximum absolute atomic E-state index is 13.1. The smallest absolute Gasteiger partial charge is 0.410 e. The lowest BCUT2D eigenvalue weighted by molar-refractivity contribution is 0.0186. The van der Waals surface area contributed by atoms with Crippen LogP contribution in [0.4, 0.5) is 4.79 Å². The molecule has 0 aromatic carbocycles. The second kappa shape index (κ2) is 8.61. The summed E-state index contributed by atoms with van der Waals surface area (Å²) in [6, 6.07) is 6.11. The lowest BCUT2D eigenvalue weighted by atomic mass is 10.0. The van der Waals surface area contributed by atoms with E-state index in [0.717, 1.165) is 12.8 Å². The molecular weight excluding hydrogens is 386 g/mol. The van der Waals surface area contributed by atoms with Gasteiger partial charge in [-0.05, 0) is 69.7 Å². The number of hydrogen-bond donors (Lipinski definition) is 0. The Bertz CT molecular complexity index is 857. The molecule has 2 amide bonds. The molecule has 1 aliphatic rings. The SMILES string of the molecule is Cc1ccsc1CN(C)C(=O)c1cccn1C1CCN(C(=O)OC(C)(C)C)CC1. The van der Waals surface area contributed by atoms with E-state index >= 15 is 0 Å². The number of thiophene rings is 1. The van der Waals surface area contributed by atoms with Gasteiger partial charge in [0.05, 0.1) is 6.54 Å². The minimum absolute atomic E-state index is 0.0253. The number of likely N-dealkylation sites (tertiary alicyclic amines) is 1. The van der Waals surface area contributed by atoms with Crippen LogP contribution in [0.15, 0.2) is 29.8 Å². The Morgan fingerprint density at radius 2 is 1.93 bits per heavy atom. The predicted octanol–water partition coefficient (Wildman–Crippen LogP) is 4.70. The van der Waals surface area contributed by atoms with Crippen molar-refractivity contribution in [2.24, 2.45) is 0 Å². The van der Waals surface area contributed by atoms with Crippen LogP contribution in [0.25, 0.3) is 0 Å². The summed E-state index contributed by atoms with van der Waals surface area (Å²) < 4.78 is 7.55. The Kier molecular flexibility index (Phi) is 6.36. The van der Waals surface area contributed by atoms with Crippen LogP contribution < -0.4 is 0 Å². The van der Waals surface area contributed by atoms with Crippen LogP contribution in [0.1, 0.15) is 60.6 Å². The number of rotatable bonds is 4. The Balaban J connectivity index is 1.62. The van der Waals surface area contributed by atoms with Crippen LogP contribution in [0, 0.1) is 6.92 Å². The van der Waals surface area contributed by atoms with E-state index in [1.807, 2.05) is 46.1 Å². The zero-order valence-electron chi connectivity index (χ0n) is 18.0. The molecule has 0 spiro atoms. The van der Waals surface area contributed by atoms with Crippen molar-refractivity contribution >= 4 is 23.3 Å². The number of ether oxygens (including phenoxy) is 1. The number of piperidine rings is 1. The van der Waals surface area contributed by atoms with Crippen molar-refractivity contribution < 1.29 is 14.3 Å². The second-order valence-corrected chi connectivity index (χ2v) is 9.69. The molecule has 1 aliphatic heterocycles. The van der Waals surface area contributed by atoms with Gasteiger partial charge in [-0.2, -0.15) is 0 Å². The van der Waals surface area contributed by atoms with Crippen LogP contribution >= 0.6 is 11.3 Å². The summed E-state index contributed by atoms with van der Waals surface area (Å²) in [4.78, 5) is 30.1. The minimum atomic E-state index is -0.487. The molecule has 2 aromatic rings. The average molecular weight is 418 g/mol. The average Bonchev–Trinajstić information content (AvgIpc) is 3.29. The summed E-state index contributed by atoms with van der Waals surface area (Å²) in [7, 11) is 1.85. The fraction of sp³-hybridized carbons (Fsp3) is 0.545. The van der Waals surface area contributed by atoms with Gasteiger partial charge in [-0.15, -0.1) is 11.3 Å². The summed E-state index contributed by atoms with van der Waals surface area (Å²) in [6.07, 6.45) is 3.33. The van der Waals surface area contributed by atoms with Gasteiger partial charge in [0.2, 0.25) is 0 Å². The molecule has 158 valence electrons. The van der Waals surface area contributed by atoms with E-state index in [1.54, 1.807) is 21.1 Å². The lowest BCUT2D eigenvalue weighted by Crippen LogP contribution is -2.42. The molecule has 0 radical (unpaired) electrons. The molecule has 0 N–H and O–H groups in total. The molecule has 1 fully saturated rings. The van der Waals surface area contributed by atoms with Crippen LogP contribution in [-0.4, -0.2) is 52.1 Å². The van der Waals surface area contributed by atoms with Gasteiger partial charge in [-0.25, -0.2) is 4.79 Å². The normalized spacial score (nSPS) is 15.4. The van der Waals surface area contributed by atoms with E-state index in [2.05, 4.69) is 22.9 Å². The molecule has 2 aromatic heterocycles. The van der Waals surface area contributed by atoms with Crippen LogP contribution in [0.2, 0.25) is 0 Å². The summed E-state index contributed by atoms with van der Waals surface area (Å²) in [6.45, 7) is 9.60. The number of nitrogens with zero attached hydrogens (tertiary/aromatic N) is 3. The molecule has 6 nitrogen and oxygen atoms in total. The molecule has 3 heterocycles. The highest BCUT2D eigenvalue weighted by Crippen LogP contribution is 2.27. The van der Waals surface area contributed by atoms with Gasteiger partial charge in [0.25, 0.3) is 5.91 Å². The molecule has 0 atom stereocenters.